The van der Waals surface area contributed by atoms with E-state index in [0.717, 1.165) is 100.0 Å². The van der Waals surface area contributed by atoms with Gasteiger partial charge in [-0.25, -0.2) is 9.98 Å². The number of furan rings is 1. The maximum atomic E-state index is 7.02. The third-order valence-electron chi connectivity index (χ3n) is 13.3. The standard InChI is InChI=1S/C63H42N4O/c1-4-16-41(17-5-1)44-32-34-45(35-33-44)48-24-14-27-51(40-48)67-56-31-11-10-28-52(56)53-36-37-57-58(59(53)67)54-29-15-30-55(60(54)68-57)63-65-61(49-25-12-22-46(38-49)42-18-6-2-7-19-42)64-62(66-63)50-26-13-23-47(39-50)43-20-8-3-9-21-43/h1-40,61H,(H,64,65,66). The van der Waals surface area contributed by atoms with E-state index in [4.69, 9.17) is 14.4 Å². The van der Waals surface area contributed by atoms with E-state index in [1.807, 2.05) is 12.1 Å². The topological polar surface area (TPSA) is 54.8 Å². The van der Waals surface area contributed by atoms with Gasteiger partial charge in [0.05, 0.1) is 22.0 Å². The molecule has 1 unspecified atom stereocenters. The van der Waals surface area contributed by atoms with Crippen molar-refractivity contribution in [1.82, 2.24) is 9.88 Å². The van der Waals surface area contributed by atoms with Crippen molar-refractivity contribution in [3.63, 3.8) is 0 Å². The minimum atomic E-state index is -0.419. The largest absolute Gasteiger partial charge is 0.455 e. The van der Waals surface area contributed by atoms with Crippen molar-refractivity contribution in [2.75, 3.05) is 0 Å². The van der Waals surface area contributed by atoms with E-state index in [2.05, 4.69) is 240 Å². The number of fused-ring (bicyclic) bond motifs is 7. The summed E-state index contributed by atoms with van der Waals surface area (Å²) in [5.41, 5.74) is 17.0. The van der Waals surface area contributed by atoms with Gasteiger partial charge in [0.1, 0.15) is 23.2 Å². The van der Waals surface area contributed by atoms with Gasteiger partial charge in [-0.1, -0.05) is 194 Å². The molecular weight excluding hydrogens is 829 g/mol. The molecule has 0 amide bonds. The lowest BCUT2D eigenvalue weighted by atomic mass is 10.00. The molecule has 13 rings (SSSR count). The summed E-state index contributed by atoms with van der Waals surface area (Å²) in [6, 6.07) is 85.8. The van der Waals surface area contributed by atoms with E-state index in [1.165, 1.54) is 16.5 Å². The van der Waals surface area contributed by atoms with E-state index < -0.39 is 6.17 Å². The Kier molecular flexibility index (Phi) is 9.50. The average molecular weight is 871 g/mol. The van der Waals surface area contributed by atoms with Gasteiger partial charge in [-0.15, -0.1) is 0 Å². The summed E-state index contributed by atoms with van der Waals surface area (Å²) < 4.78 is 9.43. The predicted molar refractivity (Wildman–Crippen MR) is 282 cm³/mol. The second kappa shape index (κ2) is 16.4. The van der Waals surface area contributed by atoms with Gasteiger partial charge < -0.3 is 14.3 Å². The Labute approximate surface area is 393 Å². The number of hydrogen-bond acceptors (Lipinski definition) is 4. The summed E-state index contributed by atoms with van der Waals surface area (Å²) >= 11 is 0. The molecule has 3 heterocycles. The first-order valence-electron chi connectivity index (χ1n) is 23.1. The number of para-hydroxylation sites is 2. The Hall–Kier alpha value is -9.06. The van der Waals surface area contributed by atoms with Crippen molar-refractivity contribution >= 4 is 55.4 Å². The molecule has 0 fully saturated rings. The maximum absolute atomic E-state index is 7.02. The van der Waals surface area contributed by atoms with Crippen LogP contribution in [0.25, 0.3) is 93.9 Å². The molecular formula is C63H42N4O. The van der Waals surface area contributed by atoms with Crippen LogP contribution in [0.3, 0.4) is 0 Å². The molecule has 1 aliphatic rings. The van der Waals surface area contributed by atoms with Crippen LogP contribution in [-0.4, -0.2) is 16.2 Å². The van der Waals surface area contributed by atoms with Gasteiger partial charge in [0, 0.05) is 27.4 Å². The van der Waals surface area contributed by atoms with Crippen LogP contribution in [0, 0.1) is 0 Å². The van der Waals surface area contributed by atoms with Crippen LogP contribution in [-0.2, 0) is 0 Å². The first-order chi connectivity index (χ1) is 33.7. The zero-order chi connectivity index (χ0) is 45.0. The maximum Gasteiger partial charge on any atom is 0.163 e. The quantitative estimate of drug-likeness (QED) is 0.165. The third kappa shape index (κ3) is 6.88. The molecule has 1 aliphatic heterocycles. The van der Waals surface area contributed by atoms with Gasteiger partial charge >= 0.3 is 0 Å². The van der Waals surface area contributed by atoms with E-state index in [-0.39, 0.29) is 0 Å². The second-order valence-electron chi connectivity index (χ2n) is 17.4. The van der Waals surface area contributed by atoms with E-state index in [1.54, 1.807) is 0 Å². The molecule has 0 spiro atoms. The first-order valence-corrected chi connectivity index (χ1v) is 23.1. The number of nitrogens with zero attached hydrogens (tertiary/aromatic N) is 3. The molecule has 0 saturated heterocycles. The number of nitrogens with one attached hydrogen (secondary N) is 1. The average Bonchev–Trinajstić information content (AvgIpc) is 3.98. The highest BCUT2D eigenvalue weighted by molar-refractivity contribution is 6.27. The van der Waals surface area contributed by atoms with Crippen LogP contribution in [0.15, 0.2) is 257 Å². The predicted octanol–water partition coefficient (Wildman–Crippen LogP) is 15.8. The number of aromatic nitrogens is 1. The highest BCUT2D eigenvalue weighted by Crippen LogP contribution is 2.42. The van der Waals surface area contributed by atoms with Gasteiger partial charge in [-0.3, -0.25) is 0 Å². The molecule has 0 radical (unpaired) electrons. The number of aliphatic imine (C=N–C) groups is 2. The lowest BCUT2D eigenvalue weighted by Crippen LogP contribution is -2.33. The van der Waals surface area contributed by atoms with Crippen molar-refractivity contribution in [3.8, 4) is 50.2 Å². The Balaban J connectivity index is 0.976. The third-order valence-corrected chi connectivity index (χ3v) is 13.3. The van der Waals surface area contributed by atoms with E-state index in [9.17, 15) is 0 Å². The van der Waals surface area contributed by atoms with Crippen LogP contribution >= 0.6 is 0 Å². The monoisotopic (exact) mass is 870 g/mol. The zero-order valence-electron chi connectivity index (χ0n) is 36.9. The molecule has 1 atom stereocenters. The summed E-state index contributed by atoms with van der Waals surface area (Å²) in [5.74, 6) is 1.35. The van der Waals surface area contributed by atoms with Crippen LogP contribution < -0.4 is 5.32 Å². The summed E-state index contributed by atoms with van der Waals surface area (Å²) in [6.07, 6.45) is -0.419. The molecule has 5 heteroatoms. The number of hydrogen-bond donors (Lipinski definition) is 1. The molecule has 0 aliphatic carbocycles. The fraction of sp³-hybridized carbons (Fsp3) is 0.0159. The number of benzene rings is 10. The normalized spacial score (nSPS) is 13.7. The number of rotatable bonds is 8. The van der Waals surface area contributed by atoms with Crippen molar-refractivity contribution in [2.45, 2.75) is 6.17 Å². The van der Waals surface area contributed by atoms with E-state index in [0.29, 0.717) is 5.84 Å². The minimum absolute atomic E-state index is 0.419. The zero-order valence-corrected chi connectivity index (χ0v) is 36.9. The minimum Gasteiger partial charge on any atom is -0.455 e. The SMILES string of the molecule is c1ccc(-c2ccc(-c3cccc(-n4c5ccccc5c5ccc6oc7c(C8=NC(c9cccc(-c%10ccccc%10)c9)NC(c9cccc(-c%10ccccc%10)c9)=N8)cccc7c6c54)c3)cc2)cc1. The molecule has 320 valence electrons. The summed E-state index contributed by atoms with van der Waals surface area (Å²) in [4.78, 5) is 10.8. The van der Waals surface area contributed by atoms with Crippen LogP contribution in [0.5, 0.6) is 0 Å². The second-order valence-corrected chi connectivity index (χ2v) is 17.4. The van der Waals surface area contributed by atoms with E-state index >= 15 is 0 Å². The van der Waals surface area contributed by atoms with Gasteiger partial charge in [-0.05, 0) is 98.6 Å². The molecule has 68 heavy (non-hydrogen) atoms. The van der Waals surface area contributed by atoms with Crippen molar-refractivity contribution in [3.05, 3.63) is 259 Å². The van der Waals surface area contributed by atoms with Crippen LogP contribution in [0.4, 0.5) is 0 Å². The van der Waals surface area contributed by atoms with Crippen molar-refractivity contribution in [2.24, 2.45) is 9.98 Å². The van der Waals surface area contributed by atoms with Crippen molar-refractivity contribution in [1.29, 1.82) is 0 Å². The van der Waals surface area contributed by atoms with Gasteiger partial charge in [-0.2, -0.15) is 0 Å². The molecule has 0 bridgehead atoms. The number of amidine groups is 2. The fourth-order valence-corrected chi connectivity index (χ4v) is 9.97. The summed E-state index contributed by atoms with van der Waals surface area (Å²) in [7, 11) is 0. The van der Waals surface area contributed by atoms with Crippen molar-refractivity contribution < 1.29 is 4.42 Å². The molecule has 0 saturated carbocycles. The Morgan fingerprint density at radius 3 is 1.69 bits per heavy atom. The van der Waals surface area contributed by atoms with Gasteiger partial charge in [0.2, 0.25) is 0 Å². The Bertz CT molecular complexity index is 3920. The lowest BCUT2D eigenvalue weighted by molar-refractivity contribution is 0.663. The Morgan fingerprint density at radius 2 is 0.956 bits per heavy atom. The lowest BCUT2D eigenvalue weighted by Gasteiger charge is -2.24. The highest BCUT2D eigenvalue weighted by atomic mass is 16.3. The highest BCUT2D eigenvalue weighted by Gasteiger charge is 2.26. The fourth-order valence-electron chi connectivity index (χ4n) is 9.97. The molecule has 5 nitrogen and oxygen atoms in total. The summed E-state index contributed by atoms with van der Waals surface area (Å²) in [5, 5.41) is 8.14. The summed E-state index contributed by atoms with van der Waals surface area (Å²) in [6.45, 7) is 0. The van der Waals surface area contributed by atoms with Crippen LogP contribution in [0.1, 0.15) is 22.9 Å². The smallest absolute Gasteiger partial charge is 0.163 e. The molecule has 10 aromatic carbocycles. The van der Waals surface area contributed by atoms with Crippen LogP contribution in [0.2, 0.25) is 0 Å². The van der Waals surface area contributed by atoms with Gasteiger partial charge in [0.25, 0.3) is 0 Å². The first kappa shape index (κ1) is 39.3. The molecule has 1 N–H and O–H groups in total. The Morgan fingerprint density at radius 1 is 0.412 bits per heavy atom. The molecule has 2 aromatic heterocycles. The molecule has 12 aromatic rings. The van der Waals surface area contributed by atoms with Gasteiger partial charge in [0.15, 0.2) is 5.84 Å².